The minimum Gasteiger partial charge on any atom is -0.494 e. The van der Waals surface area contributed by atoms with Crippen LogP contribution in [-0.4, -0.2) is 24.5 Å². The van der Waals surface area contributed by atoms with E-state index in [1.165, 1.54) is 0 Å². The van der Waals surface area contributed by atoms with Gasteiger partial charge in [-0.1, -0.05) is 19.1 Å². The molecule has 1 fully saturated rings. The van der Waals surface area contributed by atoms with Gasteiger partial charge < -0.3 is 10.1 Å². The molecule has 20 heavy (non-hydrogen) atoms. The average molecular weight is 276 g/mol. The van der Waals surface area contributed by atoms with Crippen LogP contribution in [0.5, 0.6) is 5.75 Å². The molecule has 2 N–H and O–H groups in total. The van der Waals surface area contributed by atoms with E-state index in [4.69, 9.17) is 4.74 Å². The van der Waals surface area contributed by atoms with Gasteiger partial charge in [0.05, 0.1) is 12.6 Å². The fourth-order valence-electron chi connectivity index (χ4n) is 2.09. The van der Waals surface area contributed by atoms with Crippen LogP contribution in [0.2, 0.25) is 0 Å². The zero-order chi connectivity index (χ0) is 14.4. The van der Waals surface area contributed by atoms with Crippen LogP contribution in [0.25, 0.3) is 0 Å². The Kier molecular flexibility index (Phi) is 5.12. The fourth-order valence-corrected chi connectivity index (χ4v) is 2.09. The van der Waals surface area contributed by atoms with Crippen molar-refractivity contribution >= 4 is 11.8 Å². The average Bonchev–Trinajstić information content (AvgIpc) is 2.45. The molecular formula is C15H20N2O3. The van der Waals surface area contributed by atoms with E-state index < -0.39 is 0 Å². The molecule has 1 aliphatic heterocycles. The third-order valence-electron chi connectivity index (χ3n) is 3.16. The maximum Gasteiger partial charge on any atom is 0.243 e. The van der Waals surface area contributed by atoms with Crippen LogP contribution in [0.4, 0.5) is 0 Å². The van der Waals surface area contributed by atoms with Crippen LogP contribution in [0.15, 0.2) is 24.3 Å². The monoisotopic (exact) mass is 276 g/mol. The quantitative estimate of drug-likeness (QED) is 0.770. The van der Waals surface area contributed by atoms with E-state index in [-0.39, 0.29) is 17.9 Å². The number of rotatable bonds is 6. The number of piperidine rings is 1. The van der Waals surface area contributed by atoms with Gasteiger partial charge in [-0.05, 0) is 30.5 Å². The lowest BCUT2D eigenvalue weighted by molar-refractivity contribution is -0.134. The molecule has 2 rings (SSSR count). The van der Waals surface area contributed by atoms with Gasteiger partial charge in [0.25, 0.3) is 0 Å². The summed E-state index contributed by atoms with van der Waals surface area (Å²) in [7, 11) is 0. The maximum absolute atomic E-state index is 11.6. The zero-order valence-electron chi connectivity index (χ0n) is 11.6. The Morgan fingerprint density at radius 1 is 1.40 bits per heavy atom. The molecule has 1 saturated heterocycles. The number of nitrogens with one attached hydrogen (secondary N) is 2. The SMILES string of the molecule is CCCOc1cccc(CNC2CCC(=O)NC2=O)c1. The van der Waals surface area contributed by atoms with Gasteiger partial charge in [0.1, 0.15) is 5.75 Å². The summed E-state index contributed by atoms with van der Waals surface area (Å²) in [5.41, 5.74) is 1.06. The normalized spacial score (nSPS) is 18.8. The van der Waals surface area contributed by atoms with Gasteiger partial charge >= 0.3 is 0 Å². The summed E-state index contributed by atoms with van der Waals surface area (Å²) in [6.45, 7) is 3.34. The number of ether oxygens (including phenoxy) is 1. The molecule has 2 amide bonds. The van der Waals surface area contributed by atoms with Gasteiger partial charge in [0.15, 0.2) is 0 Å². The summed E-state index contributed by atoms with van der Waals surface area (Å²) in [5.74, 6) is 0.414. The molecule has 1 aromatic rings. The highest BCUT2D eigenvalue weighted by atomic mass is 16.5. The Balaban J connectivity index is 1.87. The standard InChI is InChI=1S/C15H20N2O3/c1-2-8-20-12-5-3-4-11(9-12)10-16-13-6-7-14(18)17-15(13)19/h3-5,9,13,16H,2,6-8,10H2,1H3,(H,17,18,19). The Labute approximate surface area is 118 Å². The topological polar surface area (TPSA) is 67.4 Å². The number of amides is 2. The largest absolute Gasteiger partial charge is 0.494 e. The lowest BCUT2D eigenvalue weighted by Gasteiger charge is -2.22. The second-order valence-electron chi connectivity index (χ2n) is 4.88. The molecule has 1 atom stereocenters. The zero-order valence-corrected chi connectivity index (χ0v) is 11.6. The van der Waals surface area contributed by atoms with Crippen molar-refractivity contribution in [1.82, 2.24) is 10.6 Å². The molecule has 0 radical (unpaired) electrons. The molecule has 0 bridgehead atoms. The Morgan fingerprint density at radius 3 is 3.00 bits per heavy atom. The number of carbonyl (C=O) groups excluding carboxylic acids is 2. The highest BCUT2D eigenvalue weighted by Crippen LogP contribution is 2.14. The van der Waals surface area contributed by atoms with Crippen molar-refractivity contribution in [2.75, 3.05) is 6.61 Å². The summed E-state index contributed by atoms with van der Waals surface area (Å²) in [4.78, 5) is 22.7. The third-order valence-corrected chi connectivity index (χ3v) is 3.16. The molecule has 1 unspecified atom stereocenters. The van der Waals surface area contributed by atoms with Gasteiger partial charge in [-0.15, -0.1) is 0 Å². The number of hydrogen-bond donors (Lipinski definition) is 2. The van der Waals surface area contributed by atoms with Crippen LogP contribution < -0.4 is 15.4 Å². The molecule has 1 aliphatic rings. The van der Waals surface area contributed by atoms with Gasteiger partial charge in [-0.25, -0.2) is 0 Å². The van der Waals surface area contributed by atoms with Gasteiger partial charge in [0, 0.05) is 13.0 Å². The Morgan fingerprint density at radius 2 is 2.25 bits per heavy atom. The van der Waals surface area contributed by atoms with Crippen molar-refractivity contribution < 1.29 is 14.3 Å². The van der Waals surface area contributed by atoms with E-state index in [0.717, 1.165) is 17.7 Å². The van der Waals surface area contributed by atoms with Crippen LogP contribution in [0.3, 0.4) is 0 Å². The molecule has 5 heteroatoms. The molecule has 0 spiro atoms. The van der Waals surface area contributed by atoms with E-state index in [1.807, 2.05) is 24.3 Å². The predicted molar refractivity (Wildman–Crippen MR) is 75.2 cm³/mol. The maximum atomic E-state index is 11.6. The lowest BCUT2D eigenvalue weighted by atomic mass is 10.1. The molecule has 108 valence electrons. The number of hydrogen-bond acceptors (Lipinski definition) is 4. The molecule has 0 aromatic heterocycles. The van der Waals surface area contributed by atoms with Crippen molar-refractivity contribution in [2.24, 2.45) is 0 Å². The first kappa shape index (κ1) is 14.5. The number of carbonyl (C=O) groups is 2. The van der Waals surface area contributed by atoms with Gasteiger partial charge in [0.2, 0.25) is 11.8 Å². The van der Waals surface area contributed by atoms with Crippen molar-refractivity contribution in [2.45, 2.75) is 38.8 Å². The van der Waals surface area contributed by atoms with Gasteiger partial charge in [-0.3, -0.25) is 14.9 Å². The highest BCUT2D eigenvalue weighted by Gasteiger charge is 2.25. The third kappa shape index (κ3) is 4.06. The molecule has 1 heterocycles. The van der Waals surface area contributed by atoms with E-state index in [9.17, 15) is 9.59 Å². The summed E-state index contributed by atoms with van der Waals surface area (Å²) in [6, 6.07) is 7.51. The second-order valence-corrected chi connectivity index (χ2v) is 4.88. The van der Waals surface area contributed by atoms with E-state index in [2.05, 4.69) is 17.6 Å². The predicted octanol–water partition coefficient (Wildman–Crippen LogP) is 1.37. The smallest absolute Gasteiger partial charge is 0.243 e. The van der Waals surface area contributed by atoms with Crippen LogP contribution >= 0.6 is 0 Å². The van der Waals surface area contributed by atoms with Crippen molar-refractivity contribution in [3.8, 4) is 5.75 Å². The van der Waals surface area contributed by atoms with E-state index in [1.54, 1.807) is 0 Å². The lowest BCUT2D eigenvalue weighted by Crippen LogP contribution is -2.50. The molecule has 0 saturated carbocycles. The van der Waals surface area contributed by atoms with Crippen molar-refractivity contribution in [1.29, 1.82) is 0 Å². The summed E-state index contributed by atoms with van der Waals surface area (Å²) < 4.78 is 5.57. The second kappa shape index (κ2) is 7.05. The summed E-state index contributed by atoms with van der Waals surface area (Å²) >= 11 is 0. The molecule has 5 nitrogen and oxygen atoms in total. The minimum absolute atomic E-state index is 0.192. The molecule has 1 aromatic carbocycles. The molecular weight excluding hydrogens is 256 g/mol. The van der Waals surface area contributed by atoms with Crippen LogP contribution in [0, 0.1) is 0 Å². The summed E-state index contributed by atoms with van der Waals surface area (Å²) in [5, 5.41) is 5.51. The van der Waals surface area contributed by atoms with Crippen molar-refractivity contribution in [3.63, 3.8) is 0 Å². The van der Waals surface area contributed by atoms with Crippen molar-refractivity contribution in [3.05, 3.63) is 29.8 Å². The Hall–Kier alpha value is -1.88. The first-order valence-electron chi connectivity index (χ1n) is 6.98. The van der Waals surface area contributed by atoms with Crippen LogP contribution in [-0.2, 0) is 16.1 Å². The first-order valence-corrected chi connectivity index (χ1v) is 6.98. The van der Waals surface area contributed by atoms with Crippen LogP contribution in [0.1, 0.15) is 31.7 Å². The highest BCUT2D eigenvalue weighted by molar-refractivity contribution is 6.00. The Bertz CT molecular complexity index is 488. The van der Waals surface area contributed by atoms with E-state index in [0.29, 0.717) is 26.0 Å². The first-order chi connectivity index (χ1) is 9.69. The van der Waals surface area contributed by atoms with E-state index >= 15 is 0 Å². The van der Waals surface area contributed by atoms with Gasteiger partial charge in [-0.2, -0.15) is 0 Å². The fraction of sp³-hybridized carbons (Fsp3) is 0.467. The number of benzene rings is 1. The minimum atomic E-state index is -0.298. The molecule has 0 aliphatic carbocycles. The number of imide groups is 1. The summed E-state index contributed by atoms with van der Waals surface area (Å²) in [6.07, 6.45) is 1.92.